The van der Waals surface area contributed by atoms with Crippen LogP contribution in [0.5, 0.6) is 0 Å². The first-order valence-corrected chi connectivity index (χ1v) is 20.0. The summed E-state index contributed by atoms with van der Waals surface area (Å²) in [5, 5.41) is 3.19. The molecule has 2 aliphatic rings. The van der Waals surface area contributed by atoms with Crippen molar-refractivity contribution in [3.8, 4) is 0 Å². The third-order valence-electron chi connectivity index (χ3n) is 5.64. The van der Waals surface area contributed by atoms with Crippen LogP contribution < -0.4 is 24.8 Å². The van der Waals surface area contributed by atoms with Crippen LogP contribution in [0.4, 0.5) is 0 Å². The van der Waals surface area contributed by atoms with Crippen LogP contribution in [0.2, 0.25) is 0 Å². The molecular formula is C28H24Cl2P6Zr+2. The predicted octanol–water partition coefficient (Wildman–Crippen LogP) is 4.73. The van der Waals surface area contributed by atoms with Crippen molar-refractivity contribution in [3.63, 3.8) is 0 Å². The molecule has 4 unspecified atom stereocenters. The van der Waals surface area contributed by atoms with E-state index in [1.54, 1.807) is 25.7 Å². The van der Waals surface area contributed by atoms with Crippen molar-refractivity contribution >= 4 is 57.2 Å². The van der Waals surface area contributed by atoms with Gasteiger partial charge in [-0.2, -0.15) is 0 Å². The van der Waals surface area contributed by atoms with E-state index in [9.17, 15) is 0 Å². The van der Waals surface area contributed by atoms with Crippen molar-refractivity contribution < 1.29 is 51.0 Å². The van der Waals surface area contributed by atoms with Gasteiger partial charge in [-0.3, -0.25) is 0 Å². The van der Waals surface area contributed by atoms with E-state index in [4.69, 9.17) is 0 Å². The molecule has 2 aliphatic heterocycles. The van der Waals surface area contributed by atoms with Crippen molar-refractivity contribution in [3.05, 3.63) is 144 Å². The van der Waals surface area contributed by atoms with Crippen molar-refractivity contribution in [2.75, 3.05) is 0 Å². The summed E-state index contributed by atoms with van der Waals surface area (Å²) in [6.07, 6.45) is 0. The van der Waals surface area contributed by atoms with E-state index < -0.39 is 0 Å². The molecule has 0 saturated heterocycles. The average molecular weight is 708 g/mol. The SMILES string of the molecule is [Cl-].[Cl-].[Zr+2].c1ccc(C2=PP=[PH+]C2c2ccccc2)cc1.c1ccc(C2=PP=[PH+]C2c2ccccc2)cc1. The van der Waals surface area contributed by atoms with Crippen molar-refractivity contribution in [2.24, 2.45) is 0 Å². The molecule has 4 aromatic carbocycles. The van der Waals surface area contributed by atoms with E-state index in [2.05, 4.69) is 121 Å². The van der Waals surface area contributed by atoms with Gasteiger partial charge in [0.2, 0.25) is 0 Å². The van der Waals surface area contributed by atoms with Crippen LogP contribution in [-0.2, 0) is 26.2 Å². The summed E-state index contributed by atoms with van der Waals surface area (Å²) in [5.41, 5.74) is 7.06. The number of benzene rings is 4. The maximum atomic E-state index is 2.26. The molecule has 0 aromatic heterocycles. The predicted molar refractivity (Wildman–Crippen MR) is 164 cm³/mol. The summed E-state index contributed by atoms with van der Waals surface area (Å²) in [4.78, 5) is 0. The largest absolute Gasteiger partial charge is 2.00 e. The summed E-state index contributed by atoms with van der Waals surface area (Å²) in [7, 11) is 8.12. The molecule has 0 radical (unpaired) electrons. The minimum Gasteiger partial charge on any atom is -1.00 e. The van der Waals surface area contributed by atoms with E-state index in [-0.39, 0.29) is 51.0 Å². The fourth-order valence-electron chi connectivity index (χ4n) is 3.94. The van der Waals surface area contributed by atoms with Crippen LogP contribution in [0.15, 0.2) is 121 Å². The summed E-state index contributed by atoms with van der Waals surface area (Å²) < 4.78 is 0. The van der Waals surface area contributed by atoms with Gasteiger partial charge < -0.3 is 24.8 Å². The molecular weight excluding hydrogens is 684 g/mol. The van der Waals surface area contributed by atoms with Crippen LogP contribution in [0.25, 0.3) is 0 Å². The Balaban J connectivity index is 0.000000241. The zero-order valence-corrected chi connectivity index (χ0v) is 29.3. The second-order valence-electron chi connectivity index (χ2n) is 7.85. The van der Waals surface area contributed by atoms with Gasteiger partial charge in [-0.05, 0) is 11.1 Å². The first-order valence-electron chi connectivity index (χ1n) is 11.2. The minimum atomic E-state index is 0. The molecule has 182 valence electrons. The molecule has 0 fully saturated rings. The minimum absolute atomic E-state index is 0. The molecule has 0 nitrogen and oxygen atoms in total. The molecule has 0 N–H and O–H groups in total. The van der Waals surface area contributed by atoms with Crippen LogP contribution in [-0.4, -0.2) is 10.6 Å². The third kappa shape index (κ3) is 8.94. The molecule has 0 bridgehead atoms. The van der Waals surface area contributed by atoms with Crippen molar-refractivity contribution in [2.45, 2.75) is 11.3 Å². The second kappa shape index (κ2) is 17.5. The zero-order valence-electron chi connectivity index (χ0n) is 19.7. The average Bonchev–Trinajstić information content (AvgIpc) is 3.62. The third-order valence-corrected chi connectivity index (χ3v) is 17.8. The normalized spacial score (nSPS) is 19.2. The topological polar surface area (TPSA) is 0 Å². The van der Waals surface area contributed by atoms with Gasteiger partial charge >= 0.3 is 26.2 Å². The Morgan fingerprint density at radius 3 is 1.05 bits per heavy atom. The maximum Gasteiger partial charge on any atom is 2.00 e. The number of rotatable bonds is 4. The summed E-state index contributed by atoms with van der Waals surface area (Å²) >= 11 is 0. The Kier molecular flexibility index (Phi) is 15.7. The fraction of sp³-hybridized carbons (Fsp3) is 0.0714. The molecule has 6 rings (SSSR count). The Labute approximate surface area is 261 Å². The molecule has 2 heterocycles. The van der Waals surface area contributed by atoms with E-state index >= 15 is 0 Å². The Hall–Kier alpha value is -0.117. The molecule has 0 saturated carbocycles. The molecule has 37 heavy (non-hydrogen) atoms. The van der Waals surface area contributed by atoms with Crippen molar-refractivity contribution in [1.29, 1.82) is 0 Å². The standard InChI is InChI=1S/2C14H11P3.2ClH.Zr/c2*1-3-7-11(8-4-1)13-14(16-17-15-13)12-9-5-2-6-10-12;;;/h2*1-10,13H;2*1H;/q;;;;+2. The second-order valence-corrected chi connectivity index (χ2v) is 18.8. The molecule has 4 atom stereocenters. The van der Waals surface area contributed by atoms with Crippen LogP contribution >= 0.6 is 46.6 Å². The van der Waals surface area contributed by atoms with Gasteiger partial charge in [0.15, 0.2) is 26.4 Å². The summed E-state index contributed by atoms with van der Waals surface area (Å²) in [6.45, 7) is 0. The molecule has 9 heteroatoms. The number of hydrogen-bond donors (Lipinski definition) is 0. The molecule has 4 aromatic rings. The smallest absolute Gasteiger partial charge is 1.00 e. The first kappa shape index (κ1) is 33.1. The van der Waals surface area contributed by atoms with E-state index in [0.717, 1.165) is 15.7 Å². The number of hydrogen-bond acceptors (Lipinski definition) is 0. The molecule has 0 spiro atoms. The van der Waals surface area contributed by atoms with E-state index in [0.29, 0.717) is 11.3 Å². The van der Waals surface area contributed by atoms with Gasteiger partial charge in [0.05, 0.1) is 0 Å². The van der Waals surface area contributed by atoms with Gasteiger partial charge in [-0.1, -0.05) is 121 Å². The summed E-state index contributed by atoms with van der Waals surface area (Å²) in [5.74, 6) is 0. The van der Waals surface area contributed by atoms with Gasteiger partial charge in [-0.25, -0.2) is 0 Å². The Morgan fingerprint density at radius 1 is 0.432 bits per heavy atom. The zero-order chi connectivity index (χ0) is 23.0. The molecule has 0 amide bonds. The van der Waals surface area contributed by atoms with Crippen LogP contribution in [0.3, 0.4) is 0 Å². The molecule has 0 aliphatic carbocycles. The van der Waals surface area contributed by atoms with Crippen molar-refractivity contribution in [1.82, 2.24) is 0 Å². The van der Waals surface area contributed by atoms with Gasteiger partial charge in [0.25, 0.3) is 0 Å². The van der Waals surface area contributed by atoms with Gasteiger partial charge in [-0.15, -0.1) is 0 Å². The Morgan fingerprint density at radius 2 is 0.730 bits per heavy atom. The Bertz CT molecular complexity index is 1240. The van der Waals surface area contributed by atoms with Crippen LogP contribution in [0.1, 0.15) is 33.6 Å². The summed E-state index contributed by atoms with van der Waals surface area (Å²) in [6, 6.07) is 43.5. The number of halogens is 2. The maximum absolute atomic E-state index is 2.26. The fourth-order valence-corrected chi connectivity index (χ4v) is 18.7. The van der Waals surface area contributed by atoms with Gasteiger partial charge in [0, 0.05) is 37.5 Å². The van der Waals surface area contributed by atoms with Crippen LogP contribution in [0, 0.1) is 0 Å². The van der Waals surface area contributed by atoms with E-state index in [1.165, 1.54) is 38.0 Å². The first-order chi connectivity index (χ1) is 16.9. The van der Waals surface area contributed by atoms with Gasteiger partial charge in [0.1, 0.15) is 15.7 Å². The quantitative estimate of drug-likeness (QED) is 0.270. The van der Waals surface area contributed by atoms with E-state index in [1.807, 2.05) is 0 Å². The monoisotopic (exact) mass is 706 g/mol.